The lowest BCUT2D eigenvalue weighted by atomic mass is 10.0. The molecule has 2 aromatic carbocycles. The molecule has 0 N–H and O–H groups in total. The fourth-order valence-corrected chi connectivity index (χ4v) is 4.43. The van der Waals surface area contributed by atoms with E-state index in [1.165, 1.54) is 28.6 Å². The maximum absolute atomic E-state index is 13.1. The van der Waals surface area contributed by atoms with Crippen LogP contribution >= 0.6 is 11.6 Å². The van der Waals surface area contributed by atoms with Gasteiger partial charge in [-0.25, -0.2) is 12.8 Å². The topological polar surface area (TPSA) is 40.6 Å². The van der Waals surface area contributed by atoms with E-state index >= 15 is 0 Å². The fraction of sp³-hybridized carbons (Fsp3) is 0.294. The third-order valence-corrected chi connectivity index (χ3v) is 6.45. The summed E-state index contributed by atoms with van der Waals surface area (Å²) in [6.45, 7) is 1.35. The zero-order chi connectivity index (χ0) is 17.3. The van der Waals surface area contributed by atoms with E-state index in [0.29, 0.717) is 24.7 Å². The number of sulfonamides is 1. The predicted molar refractivity (Wildman–Crippen MR) is 92.0 cm³/mol. The summed E-state index contributed by atoms with van der Waals surface area (Å²) in [5, 5.41) is 0.497. The van der Waals surface area contributed by atoms with Gasteiger partial charge in [-0.15, -0.1) is 0 Å². The van der Waals surface area contributed by atoms with Crippen LogP contribution in [0.2, 0.25) is 5.02 Å². The number of halogens is 2. The molecule has 0 radical (unpaired) electrons. The zero-order valence-corrected chi connectivity index (χ0v) is 14.8. The molecular formula is C17H18ClFN2O2S. The van der Waals surface area contributed by atoms with Crippen LogP contribution in [0.1, 0.15) is 11.6 Å². The molecule has 1 aliphatic heterocycles. The fourth-order valence-electron chi connectivity index (χ4n) is 2.87. The van der Waals surface area contributed by atoms with Crippen molar-refractivity contribution in [2.45, 2.75) is 10.9 Å². The molecule has 128 valence electrons. The quantitative estimate of drug-likeness (QED) is 0.835. The standard InChI is InChI=1S/C17H18ClFN2O2S/c1-20-10-11-21(12-17(20)13-2-6-15(19)7-3-13)24(22,23)16-8-4-14(18)5-9-16/h2-9,17H,10-12H2,1H3. The van der Waals surface area contributed by atoms with Crippen molar-refractivity contribution in [3.05, 3.63) is 64.9 Å². The Kier molecular flexibility index (Phi) is 4.92. The van der Waals surface area contributed by atoms with Gasteiger partial charge in [0.25, 0.3) is 0 Å². The maximum Gasteiger partial charge on any atom is 0.243 e. The molecule has 1 fully saturated rings. The minimum atomic E-state index is -3.58. The van der Waals surface area contributed by atoms with Crippen molar-refractivity contribution in [3.63, 3.8) is 0 Å². The van der Waals surface area contributed by atoms with E-state index in [2.05, 4.69) is 4.90 Å². The largest absolute Gasteiger partial charge is 0.297 e. The summed E-state index contributed by atoms with van der Waals surface area (Å²) < 4.78 is 40.3. The molecule has 0 bridgehead atoms. The number of benzene rings is 2. The third-order valence-electron chi connectivity index (χ3n) is 4.32. The van der Waals surface area contributed by atoms with E-state index in [9.17, 15) is 12.8 Å². The van der Waals surface area contributed by atoms with E-state index in [-0.39, 0.29) is 16.8 Å². The van der Waals surface area contributed by atoms with Gasteiger partial charge in [-0.2, -0.15) is 4.31 Å². The van der Waals surface area contributed by atoms with E-state index in [1.807, 2.05) is 7.05 Å². The van der Waals surface area contributed by atoms with Crippen molar-refractivity contribution in [2.24, 2.45) is 0 Å². The summed E-state index contributed by atoms with van der Waals surface area (Å²) in [7, 11) is -1.63. The van der Waals surface area contributed by atoms with Gasteiger partial charge < -0.3 is 0 Å². The Bertz CT molecular complexity index is 809. The molecule has 0 aliphatic carbocycles. The number of hydrogen-bond donors (Lipinski definition) is 0. The van der Waals surface area contributed by atoms with E-state index in [1.54, 1.807) is 24.3 Å². The van der Waals surface area contributed by atoms with Gasteiger partial charge in [0.05, 0.1) is 4.90 Å². The Morgan fingerprint density at radius 3 is 2.29 bits per heavy atom. The lowest BCUT2D eigenvalue weighted by molar-refractivity contribution is 0.148. The van der Waals surface area contributed by atoms with Gasteiger partial charge in [0.2, 0.25) is 10.0 Å². The summed E-state index contributed by atoms with van der Waals surface area (Å²) in [6, 6.07) is 12.3. The van der Waals surface area contributed by atoms with E-state index in [4.69, 9.17) is 11.6 Å². The second-order valence-corrected chi connectivity index (χ2v) is 8.24. The van der Waals surface area contributed by atoms with Gasteiger partial charge in [-0.05, 0) is 49.0 Å². The minimum Gasteiger partial charge on any atom is -0.297 e. The van der Waals surface area contributed by atoms with E-state index < -0.39 is 10.0 Å². The Morgan fingerprint density at radius 1 is 1.04 bits per heavy atom. The van der Waals surface area contributed by atoms with Crippen LogP contribution in [0.25, 0.3) is 0 Å². The van der Waals surface area contributed by atoms with Gasteiger partial charge in [0, 0.05) is 30.7 Å². The molecule has 2 aromatic rings. The molecular weight excluding hydrogens is 351 g/mol. The summed E-state index contributed by atoms with van der Waals surface area (Å²) in [4.78, 5) is 2.32. The first-order chi connectivity index (χ1) is 11.4. The van der Waals surface area contributed by atoms with Crippen LogP contribution in [0, 0.1) is 5.82 Å². The summed E-state index contributed by atoms with van der Waals surface area (Å²) >= 11 is 5.84. The van der Waals surface area contributed by atoms with Crippen LogP contribution in [0.5, 0.6) is 0 Å². The normalized spacial score (nSPS) is 20.2. The molecule has 0 amide bonds. The Morgan fingerprint density at radius 2 is 1.67 bits per heavy atom. The van der Waals surface area contributed by atoms with Crippen molar-refractivity contribution in [2.75, 3.05) is 26.7 Å². The molecule has 1 saturated heterocycles. The van der Waals surface area contributed by atoms with E-state index in [0.717, 1.165) is 5.56 Å². The van der Waals surface area contributed by atoms with Crippen molar-refractivity contribution < 1.29 is 12.8 Å². The summed E-state index contributed by atoms with van der Waals surface area (Å²) in [6.07, 6.45) is 0. The second kappa shape index (κ2) is 6.80. The van der Waals surface area contributed by atoms with Crippen LogP contribution in [-0.4, -0.2) is 44.3 Å². The molecule has 0 aromatic heterocycles. The van der Waals surface area contributed by atoms with Crippen LogP contribution in [-0.2, 0) is 10.0 Å². The highest BCUT2D eigenvalue weighted by atomic mass is 35.5. The summed E-state index contributed by atoms with van der Waals surface area (Å²) in [5.74, 6) is -0.303. The van der Waals surface area contributed by atoms with Gasteiger partial charge in [0.1, 0.15) is 5.82 Å². The van der Waals surface area contributed by atoms with Crippen LogP contribution < -0.4 is 0 Å². The highest BCUT2D eigenvalue weighted by molar-refractivity contribution is 7.89. The van der Waals surface area contributed by atoms with Crippen LogP contribution in [0.4, 0.5) is 4.39 Å². The molecule has 1 unspecified atom stereocenters. The van der Waals surface area contributed by atoms with Gasteiger partial charge in [-0.3, -0.25) is 4.90 Å². The number of piperazine rings is 1. The smallest absolute Gasteiger partial charge is 0.243 e. The van der Waals surface area contributed by atoms with Gasteiger partial charge in [-0.1, -0.05) is 23.7 Å². The average Bonchev–Trinajstić information content (AvgIpc) is 2.56. The predicted octanol–water partition coefficient (Wildman–Crippen LogP) is 3.16. The Balaban J connectivity index is 1.87. The van der Waals surface area contributed by atoms with Crippen LogP contribution in [0.15, 0.2) is 53.4 Å². The molecule has 0 spiro atoms. The van der Waals surface area contributed by atoms with Gasteiger partial charge >= 0.3 is 0 Å². The van der Waals surface area contributed by atoms with Crippen molar-refractivity contribution in [3.8, 4) is 0 Å². The Labute approximate surface area is 146 Å². The minimum absolute atomic E-state index is 0.110. The average molecular weight is 369 g/mol. The molecule has 1 heterocycles. The molecule has 1 atom stereocenters. The lowest BCUT2D eigenvalue weighted by Crippen LogP contribution is -2.48. The molecule has 0 saturated carbocycles. The first-order valence-electron chi connectivity index (χ1n) is 7.59. The molecule has 4 nitrogen and oxygen atoms in total. The van der Waals surface area contributed by atoms with Crippen molar-refractivity contribution >= 4 is 21.6 Å². The lowest BCUT2D eigenvalue weighted by Gasteiger charge is -2.39. The molecule has 7 heteroatoms. The second-order valence-electron chi connectivity index (χ2n) is 5.86. The first-order valence-corrected chi connectivity index (χ1v) is 9.41. The molecule has 3 rings (SSSR count). The maximum atomic E-state index is 13.1. The highest BCUT2D eigenvalue weighted by Crippen LogP contribution is 2.28. The zero-order valence-electron chi connectivity index (χ0n) is 13.2. The van der Waals surface area contributed by atoms with Crippen molar-refractivity contribution in [1.29, 1.82) is 0 Å². The Hall–Kier alpha value is -1.47. The van der Waals surface area contributed by atoms with Crippen molar-refractivity contribution in [1.82, 2.24) is 9.21 Å². The number of nitrogens with zero attached hydrogens (tertiary/aromatic N) is 2. The first kappa shape index (κ1) is 17.4. The molecule has 24 heavy (non-hydrogen) atoms. The summed E-state index contributed by atoms with van der Waals surface area (Å²) in [5.41, 5.74) is 0.898. The number of likely N-dealkylation sites (N-methyl/N-ethyl adjacent to an activating group) is 1. The van der Waals surface area contributed by atoms with Crippen LogP contribution in [0.3, 0.4) is 0 Å². The molecule has 1 aliphatic rings. The number of hydrogen-bond acceptors (Lipinski definition) is 3. The highest BCUT2D eigenvalue weighted by Gasteiger charge is 2.33. The van der Waals surface area contributed by atoms with Gasteiger partial charge in [0.15, 0.2) is 0 Å². The SMILES string of the molecule is CN1CCN(S(=O)(=O)c2ccc(Cl)cc2)CC1c1ccc(F)cc1. The monoisotopic (exact) mass is 368 g/mol. The third kappa shape index (κ3) is 3.47. The number of rotatable bonds is 3.